The van der Waals surface area contributed by atoms with Crippen molar-refractivity contribution in [2.24, 2.45) is 0 Å². The van der Waals surface area contributed by atoms with Gasteiger partial charge in [-0.2, -0.15) is 5.10 Å². The summed E-state index contributed by atoms with van der Waals surface area (Å²) in [5, 5.41) is 15.6. The average molecular weight is 437 g/mol. The molecule has 2 aromatic heterocycles. The SMILES string of the molecule is CCC(=O)C(=N)C(CC)n1cc(Nc2ncc(C)c(-c3ccc(C(C)C)c(F)c3)n2)cn1. The fourth-order valence-corrected chi connectivity index (χ4v) is 3.54. The molecule has 0 radical (unpaired) electrons. The number of carbonyl (C=O) groups excluding carboxylic acids is 1. The Bertz CT molecular complexity index is 1140. The van der Waals surface area contributed by atoms with E-state index in [1.807, 2.05) is 33.8 Å². The molecule has 0 saturated heterocycles. The van der Waals surface area contributed by atoms with Crippen LogP contribution in [0, 0.1) is 18.2 Å². The van der Waals surface area contributed by atoms with Gasteiger partial charge >= 0.3 is 0 Å². The van der Waals surface area contributed by atoms with E-state index < -0.39 is 6.04 Å². The van der Waals surface area contributed by atoms with Crippen LogP contribution < -0.4 is 5.32 Å². The van der Waals surface area contributed by atoms with Crippen molar-refractivity contribution in [2.45, 2.75) is 59.4 Å². The molecule has 2 heterocycles. The number of nitrogens with zero attached hydrogens (tertiary/aromatic N) is 4. The highest BCUT2D eigenvalue weighted by atomic mass is 19.1. The minimum Gasteiger partial charge on any atom is -0.321 e. The van der Waals surface area contributed by atoms with Gasteiger partial charge in [-0.1, -0.05) is 39.8 Å². The van der Waals surface area contributed by atoms with E-state index in [-0.39, 0.29) is 23.2 Å². The first-order valence-electron chi connectivity index (χ1n) is 10.8. The highest BCUT2D eigenvalue weighted by Gasteiger charge is 2.21. The Morgan fingerprint density at radius 3 is 2.62 bits per heavy atom. The first-order valence-corrected chi connectivity index (χ1v) is 10.8. The van der Waals surface area contributed by atoms with Crippen LogP contribution in [0.25, 0.3) is 11.3 Å². The lowest BCUT2D eigenvalue weighted by Crippen LogP contribution is -2.25. The molecule has 1 atom stereocenters. The number of hydrogen-bond donors (Lipinski definition) is 2. The molecule has 3 aromatic rings. The predicted octanol–water partition coefficient (Wildman–Crippen LogP) is 5.60. The Kier molecular flexibility index (Phi) is 7.12. The standard InChI is InChI=1S/C24H29FN6O/c1-6-20(22(26)21(32)7-2)31-13-17(12-28-31)29-24-27-11-15(5)23(30-24)16-8-9-18(14(3)4)19(25)10-16/h8-14,20,26H,6-7H2,1-5H3,(H,27,29,30). The van der Waals surface area contributed by atoms with Gasteiger partial charge in [0.15, 0.2) is 5.78 Å². The number of rotatable bonds is 9. The average Bonchev–Trinajstić information content (AvgIpc) is 3.22. The number of hydrogen-bond acceptors (Lipinski definition) is 6. The van der Waals surface area contributed by atoms with Gasteiger partial charge in [-0.15, -0.1) is 0 Å². The molecular formula is C24H29FN6O. The molecule has 0 fully saturated rings. The summed E-state index contributed by atoms with van der Waals surface area (Å²) in [4.78, 5) is 20.9. The van der Waals surface area contributed by atoms with E-state index in [2.05, 4.69) is 20.4 Å². The molecule has 1 unspecified atom stereocenters. The first-order chi connectivity index (χ1) is 15.2. The van der Waals surface area contributed by atoms with Crippen LogP contribution in [0.1, 0.15) is 63.6 Å². The maximum absolute atomic E-state index is 14.5. The Morgan fingerprint density at radius 2 is 2.00 bits per heavy atom. The zero-order valence-corrected chi connectivity index (χ0v) is 19.1. The summed E-state index contributed by atoms with van der Waals surface area (Å²) in [6, 6.07) is 4.76. The molecule has 3 rings (SSSR count). The third-order valence-corrected chi connectivity index (χ3v) is 5.39. The van der Waals surface area contributed by atoms with Crippen molar-refractivity contribution < 1.29 is 9.18 Å². The van der Waals surface area contributed by atoms with E-state index in [0.717, 1.165) is 5.56 Å². The topological polar surface area (TPSA) is 96.6 Å². The van der Waals surface area contributed by atoms with E-state index >= 15 is 0 Å². The van der Waals surface area contributed by atoms with E-state index in [1.165, 1.54) is 6.07 Å². The van der Waals surface area contributed by atoms with Crippen LogP contribution in [0.2, 0.25) is 0 Å². The van der Waals surface area contributed by atoms with Gasteiger partial charge in [0.2, 0.25) is 5.95 Å². The smallest absolute Gasteiger partial charge is 0.227 e. The van der Waals surface area contributed by atoms with Gasteiger partial charge in [-0.25, -0.2) is 14.4 Å². The van der Waals surface area contributed by atoms with Gasteiger partial charge in [0, 0.05) is 24.4 Å². The summed E-state index contributed by atoms with van der Waals surface area (Å²) in [7, 11) is 0. The molecule has 2 N–H and O–H groups in total. The Labute approximate surface area is 187 Å². The molecule has 0 aliphatic carbocycles. The Hall–Kier alpha value is -3.42. The van der Waals surface area contributed by atoms with Gasteiger partial charge in [0.25, 0.3) is 0 Å². The lowest BCUT2D eigenvalue weighted by Gasteiger charge is -2.15. The van der Waals surface area contributed by atoms with Gasteiger partial charge in [-0.05, 0) is 36.5 Å². The van der Waals surface area contributed by atoms with Crippen molar-refractivity contribution in [2.75, 3.05) is 5.32 Å². The van der Waals surface area contributed by atoms with Crippen molar-refractivity contribution >= 4 is 23.1 Å². The quantitative estimate of drug-likeness (QED) is 0.425. The predicted molar refractivity (Wildman–Crippen MR) is 124 cm³/mol. The lowest BCUT2D eigenvalue weighted by atomic mass is 9.99. The lowest BCUT2D eigenvalue weighted by molar-refractivity contribution is -0.113. The first kappa shape index (κ1) is 23.2. The normalized spacial score (nSPS) is 12.1. The third kappa shape index (κ3) is 4.90. The molecule has 8 heteroatoms. The molecular weight excluding hydrogens is 407 g/mol. The summed E-state index contributed by atoms with van der Waals surface area (Å²) in [5.74, 6) is 0.0154. The second-order valence-corrected chi connectivity index (χ2v) is 8.06. The van der Waals surface area contributed by atoms with Crippen LogP contribution in [-0.2, 0) is 4.79 Å². The Balaban J connectivity index is 1.85. The maximum Gasteiger partial charge on any atom is 0.227 e. The van der Waals surface area contributed by atoms with Crippen LogP contribution in [-0.4, -0.2) is 31.2 Å². The highest BCUT2D eigenvalue weighted by Crippen LogP contribution is 2.27. The largest absolute Gasteiger partial charge is 0.321 e. The summed E-state index contributed by atoms with van der Waals surface area (Å²) < 4.78 is 16.1. The van der Waals surface area contributed by atoms with Gasteiger partial charge in [0.05, 0.1) is 29.3 Å². The molecule has 0 aliphatic heterocycles. The summed E-state index contributed by atoms with van der Waals surface area (Å²) in [6.45, 7) is 9.45. The van der Waals surface area contributed by atoms with Gasteiger partial charge in [0.1, 0.15) is 5.82 Å². The van der Waals surface area contributed by atoms with Crippen LogP contribution >= 0.6 is 0 Å². The molecule has 1 aromatic carbocycles. The van der Waals surface area contributed by atoms with Crippen LogP contribution in [0.4, 0.5) is 16.0 Å². The minimum absolute atomic E-state index is 0.0467. The molecule has 168 valence electrons. The molecule has 0 aliphatic rings. The van der Waals surface area contributed by atoms with Crippen LogP contribution in [0.15, 0.2) is 36.8 Å². The molecule has 0 spiro atoms. The Morgan fingerprint density at radius 1 is 1.25 bits per heavy atom. The van der Waals surface area contributed by atoms with Crippen molar-refractivity contribution in [3.63, 3.8) is 0 Å². The van der Waals surface area contributed by atoms with Crippen LogP contribution in [0.3, 0.4) is 0 Å². The fraction of sp³-hybridized carbons (Fsp3) is 0.375. The van der Waals surface area contributed by atoms with Gasteiger partial charge < -0.3 is 5.32 Å². The molecule has 0 amide bonds. The monoisotopic (exact) mass is 436 g/mol. The number of aryl methyl sites for hydroxylation is 1. The van der Waals surface area contributed by atoms with E-state index in [0.29, 0.717) is 41.3 Å². The van der Waals surface area contributed by atoms with E-state index in [9.17, 15) is 9.18 Å². The van der Waals surface area contributed by atoms with Crippen LogP contribution in [0.5, 0.6) is 0 Å². The number of nitrogens with one attached hydrogen (secondary N) is 2. The van der Waals surface area contributed by atoms with Crippen molar-refractivity contribution in [1.82, 2.24) is 19.7 Å². The zero-order chi connectivity index (χ0) is 23.4. The van der Waals surface area contributed by atoms with Crippen molar-refractivity contribution in [3.8, 4) is 11.3 Å². The van der Waals surface area contributed by atoms with Crippen molar-refractivity contribution in [3.05, 3.63) is 53.7 Å². The fourth-order valence-electron chi connectivity index (χ4n) is 3.54. The zero-order valence-electron chi connectivity index (χ0n) is 19.1. The minimum atomic E-state index is -0.421. The molecule has 0 bridgehead atoms. The molecule has 7 nitrogen and oxygen atoms in total. The summed E-state index contributed by atoms with van der Waals surface area (Å²) >= 11 is 0. The van der Waals surface area contributed by atoms with E-state index in [4.69, 9.17) is 5.41 Å². The molecule has 0 saturated carbocycles. The number of aromatic nitrogens is 4. The summed E-state index contributed by atoms with van der Waals surface area (Å²) in [6.07, 6.45) is 5.89. The number of benzene rings is 1. The second-order valence-electron chi connectivity index (χ2n) is 8.06. The van der Waals surface area contributed by atoms with Gasteiger partial charge in [-0.3, -0.25) is 14.9 Å². The third-order valence-electron chi connectivity index (χ3n) is 5.39. The van der Waals surface area contributed by atoms with Crippen molar-refractivity contribution in [1.29, 1.82) is 5.41 Å². The molecule has 32 heavy (non-hydrogen) atoms. The number of anilines is 2. The number of halogens is 1. The second kappa shape index (κ2) is 9.80. The number of carbonyl (C=O) groups is 1. The summed E-state index contributed by atoms with van der Waals surface area (Å²) in [5.41, 5.74) is 3.51. The number of Topliss-reactive ketones (excluding diaryl/α,β-unsaturated/α-hetero) is 1. The highest BCUT2D eigenvalue weighted by molar-refractivity contribution is 6.39. The number of ketones is 1. The van der Waals surface area contributed by atoms with E-state index in [1.54, 1.807) is 36.3 Å². The maximum atomic E-state index is 14.5.